The number of methoxy groups -OCH3 is 4. The maximum Gasteiger partial charge on any atom is 0.336 e. The van der Waals surface area contributed by atoms with Crippen molar-refractivity contribution in [1.82, 2.24) is 68.7 Å². The maximum absolute atomic E-state index is 14.5. The second kappa shape index (κ2) is 44.5. The third-order valence-electron chi connectivity index (χ3n) is 16.2. The first-order valence-electron chi connectivity index (χ1n) is 33.7. The van der Waals surface area contributed by atoms with Crippen LogP contribution in [0.2, 0.25) is 0 Å². The van der Waals surface area contributed by atoms with Gasteiger partial charge in [-0.1, -0.05) is 38.1 Å². The van der Waals surface area contributed by atoms with E-state index < -0.39 is 249 Å². The lowest BCUT2D eigenvalue weighted by atomic mass is 10.0. The van der Waals surface area contributed by atoms with Crippen LogP contribution in [0.4, 0.5) is 0 Å². The van der Waals surface area contributed by atoms with Gasteiger partial charge in [0.05, 0.1) is 67.2 Å². The van der Waals surface area contributed by atoms with E-state index in [0.29, 0.717) is 5.75 Å². The molecule has 13 amide bonds. The highest BCUT2D eigenvalue weighted by Gasteiger charge is 2.43. The molecule has 43 heteroatoms. The first-order chi connectivity index (χ1) is 51.6. The molecule has 2 aromatic carbocycles. The van der Waals surface area contributed by atoms with Crippen LogP contribution in [0, 0.1) is 5.92 Å². The molecule has 18 N–H and O–H groups in total. The number of esters is 3. The monoisotopic (exact) mass is 1560 g/mol. The largest absolute Gasteiger partial charge is 0.508 e. The van der Waals surface area contributed by atoms with Crippen LogP contribution in [0.1, 0.15) is 97.1 Å². The molecule has 13 atom stereocenters. The number of phenolic OH excluding ortho intramolecular Hbond substituents is 1. The second-order valence-corrected chi connectivity index (χ2v) is 25.3. The van der Waals surface area contributed by atoms with Gasteiger partial charge in [-0.15, -0.1) is 0 Å². The number of hydrogen-bond acceptors (Lipinski definition) is 26. The molecular formula is C67H91N13O30. The fourth-order valence-electron chi connectivity index (χ4n) is 10.6. The molecule has 3 rings (SSSR count). The number of ether oxygens (including phenoxy) is 4. The van der Waals surface area contributed by atoms with E-state index in [-0.39, 0.29) is 48.6 Å². The third kappa shape index (κ3) is 30.3. The Kier molecular flexibility index (Phi) is 37.1. The summed E-state index contributed by atoms with van der Waals surface area (Å²) in [4.78, 5) is 266. The Morgan fingerprint density at radius 2 is 0.827 bits per heavy atom. The molecule has 0 aliphatic carbocycles. The number of aromatic hydroxyl groups is 1. The van der Waals surface area contributed by atoms with Crippen LogP contribution in [0.25, 0.3) is 0 Å². The lowest BCUT2D eigenvalue weighted by Gasteiger charge is -2.30. The van der Waals surface area contributed by atoms with Gasteiger partial charge in [-0.05, 0) is 74.4 Å². The summed E-state index contributed by atoms with van der Waals surface area (Å²) < 4.78 is 19.0. The van der Waals surface area contributed by atoms with Gasteiger partial charge in [0.25, 0.3) is 5.91 Å². The minimum Gasteiger partial charge on any atom is -0.508 e. The normalized spacial score (nSPS) is 15.5. The van der Waals surface area contributed by atoms with Crippen molar-refractivity contribution in [1.29, 1.82) is 0 Å². The van der Waals surface area contributed by atoms with E-state index in [0.717, 1.165) is 52.2 Å². The zero-order valence-electron chi connectivity index (χ0n) is 61.1. The number of likely N-dealkylation sites (tertiary alicyclic amines) is 1. The van der Waals surface area contributed by atoms with Crippen LogP contribution in [0.5, 0.6) is 11.5 Å². The number of aliphatic carboxylic acids is 4. The SMILES string of the molecule is COC(=O)CC(NC(C)=O)C(=O)NC(C)C(=O)NC(CC(=O)O)C(=O)N1CCCC1C(=O)NC(CC(=O)OC)C(=O)NC(C(=O)O)C(=O)NC(Cc1ccc(O)cc1)C(=O)NC(CC(=O)O)C(=O)NC(Cc1ccc(OC)cc1)C(=O)NC(CO)C(=O)NC(CC(=O)O)C(=O)NC(CC(C)C)C(=O)NC(C)C(=O)OC. The first-order valence-corrected chi connectivity index (χ1v) is 33.7. The fourth-order valence-corrected chi connectivity index (χ4v) is 10.6. The highest BCUT2D eigenvalue weighted by atomic mass is 16.5. The van der Waals surface area contributed by atoms with Crippen LogP contribution in [0.3, 0.4) is 0 Å². The van der Waals surface area contributed by atoms with Crippen molar-refractivity contribution in [3.05, 3.63) is 59.7 Å². The predicted molar refractivity (Wildman–Crippen MR) is 370 cm³/mol. The Bertz CT molecular complexity index is 3730. The molecule has 13 unspecified atom stereocenters. The van der Waals surface area contributed by atoms with Gasteiger partial charge in [-0.3, -0.25) is 86.3 Å². The van der Waals surface area contributed by atoms with Gasteiger partial charge >= 0.3 is 41.8 Å². The fraction of sp³-hybridized carbons (Fsp3) is 0.522. The van der Waals surface area contributed by atoms with Crippen molar-refractivity contribution >= 4 is 119 Å². The van der Waals surface area contributed by atoms with E-state index in [9.17, 15) is 127 Å². The Labute approximate surface area is 626 Å². The van der Waals surface area contributed by atoms with E-state index in [1.165, 1.54) is 50.4 Å². The molecule has 110 heavy (non-hydrogen) atoms. The van der Waals surface area contributed by atoms with E-state index in [4.69, 9.17) is 4.74 Å². The van der Waals surface area contributed by atoms with Crippen LogP contribution in [-0.4, -0.2) is 274 Å². The molecule has 1 fully saturated rings. The summed E-state index contributed by atoms with van der Waals surface area (Å²) in [6.45, 7) is 5.15. The number of amides is 13. The summed E-state index contributed by atoms with van der Waals surface area (Å²) in [7, 11) is 4.23. The Morgan fingerprint density at radius 3 is 1.28 bits per heavy atom. The summed E-state index contributed by atoms with van der Waals surface area (Å²) >= 11 is 0. The standard InChI is InChI=1S/C67H91N13O30/c1-30(2)21-38(55(93)69-32(4)67(106)110-9)71-59(97)42(25-49(86)87)74-62(100)46(29-81)78-58(96)39(23-35-14-18-37(107-6)19-15-35)72-60(98)41(24-48(84)85)73-57(95)40(22-34-12-16-36(83)17-13-34)76-64(102)53(66(104)105)79-61(99)44(28-52(91)109-8)75-63(101)47-11-10-20-80(47)65(103)45(26-50(88)89)77-54(92)31(3)68-56(94)43(70-33(5)82)27-51(90)108-7/h12-19,30-32,38-47,53,81,83H,10-11,20-29H2,1-9H3,(H,68,94)(H,69,93)(H,70,82)(H,71,97)(H,72,98)(H,73,95)(H,74,100)(H,75,101)(H,76,102)(H,77,92)(H,78,96)(H,79,99)(H,84,85)(H,86,87)(H,88,89)(H,104,105). The second-order valence-electron chi connectivity index (χ2n) is 25.3. The zero-order chi connectivity index (χ0) is 83.0. The Balaban J connectivity index is 1.99. The van der Waals surface area contributed by atoms with Crippen molar-refractivity contribution in [2.45, 2.75) is 177 Å². The van der Waals surface area contributed by atoms with E-state index >= 15 is 0 Å². The maximum atomic E-state index is 14.5. The highest BCUT2D eigenvalue weighted by molar-refractivity contribution is 6.07. The number of phenols is 1. The lowest BCUT2D eigenvalue weighted by Crippen LogP contribution is -2.62. The van der Waals surface area contributed by atoms with Crippen molar-refractivity contribution in [3.63, 3.8) is 0 Å². The zero-order valence-corrected chi connectivity index (χ0v) is 61.1. The number of nitrogens with one attached hydrogen (secondary N) is 12. The molecule has 0 spiro atoms. The summed E-state index contributed by atoms with van der Waals surface area (Å²) in [6.07, 6.45) is -6.92. The Hall–Kier alpha value is -12.6. The number of carbonyl (C=O) groups excluding carboxylic acids is 16. The lowest BCUT2D eigenvalue weighted by molar-refractivity contribution is -0.149. The molecule has 0 bridgehead atoms. The number of carbonyl (C=O) groups is 20. The minimum absolute atomic E-state index is 0.0149. The highest BCUT2D eigenvalue weighted by Crippen LogP contribution is 2.21. The number of carboxylic acids is 4. The van der Waals surface area contributed by atoms with Gasteiger partial charge in [0.2, 0.25) is 76.9 Å². The summed E-state index contributed by atoms with van der Waals surface area (Å²) in [5.41, 5.74) is 0.291. The van der Waals surface area contributed by atoms with Gasteiger partial charge in [0.15, 0.2) is 0 Å². The molecule has 0 aromatic heterocycles. The molecule has 1 aliphatic heterocycles. The summed E-state index contributed by atoms with van der Waals surface area (Å²) in [5, 5.41) is 86.6. The number of aliphatic hydroxyl groups excluding tert-OH is 1. The molecule has 2 aromatic rings. The molecule has 0 saturated carbocycles. The number of benzene rings is 2. The molecule has 604 valence electrons. The van der Waals surface area contributed by atoms with Crippen molar-refractivity contribution in [2.24, 2.45) is 5.92 Å². The summed E-state index contributed by atoms with van der Waals surface area (Å²) in [5.74, 6) is -27.3. The van der Waals surface area contributed by atoms with Gasteiger partial charge < -0.3 is 118 Å². The molecule has 43 nitrogen and oxygen atoms in total. The predicted octanol–water partition coefficient (Wildman–Crippen LogP) is -7.10. The van der Waals surface area contributed by atoms with Crippen LogP contribution in [-0.2, 0) is 123 Å². The molecule has 1 aliphatic rings. The van der Waals surface area contributed by atoms with Crippen LogP contribution < -0.4 is 68.5 Å². The Morgan fingerprint density at radius 1 is 0.436 bits per heavy atom. The van der Waals surface area contributed by atoms with Crippen LogP contribution >= 0.6 is 0 Å². The van der Waals surface area contributed by atoms with Gasteiger partial charge in [0.1, 0.15) is 84.0 Å². The van der Waals surface area contributed by atoms with Crippen molar-refractivity contribution < 1.29 is 145 Å². The van der Waals surface area contributed by atoms with Crippen LogP contribution in [0.15, 0.2) is 48.5 Å². The first kappa shape index (κ1) is 91.6. The number of rotatable bonds is 44. The van der Waals surface area contributed by atoms with E-state index in [1.807, 2.05) is 5.32 Å². The molecule has 1 heterocycles. The third-order valence-corrected chi connectivity index (χ3v) is 16.2. The number of hydrogen-bond donors (Lipinski definition) is 18. The van der Waals surface area contributed by atoms with Gasteiger partial charge in [-0.25, -0.2) is 9.59 Å². The molecular weight excluding hydrogens is 1470 g/mol. The molecule has 0 radical (unpaired) electrons. The van der Waals surface area contributed by atoms with Crippen molar-refractivity contribution in [2.75, 3.05) is 41.6 Å². The van der Waals surface area contributed by atoms with E-state index in [1.54, 1.807) is 13.8 Å². The molecule has 1 saturated heterocycles. The smallest absolute Gasteiger partial charge is 0.336 e. The quantitative estimate of drug-likeness (QED) is 0.0167. The average Bonchev–Trinajstić information content (AvgIpc) is 1.54. The minimum atomic E-state index is -2.79. The number of aliphatic hydroxyl groups is 1. The summed E-state index contributed by atoms with van der Waals surface area (Å²) in [6, 6.07) is -14.5. The van der Waals surface area contributed by atoms with E-state index in [2.05, 4.69) is 72.7 Å². The van der Waals surface area contributed by atoms with Gasteiger partial charge in [-0.2, -0.15) is 0 Å². The van der Waals surface area contributed by atoms with Crippen molar-refractivity contribution in [3.8, 4) is 11.5 Å². The number of nitrogens with zero attached hydrogens (tertiary/aromatic N) is 1. The van der Waals surface area contributed by atoms with Gasteiger partial charge in [0, 0.05) is 26.3 Å². The topological polar surface area (TPSA) is 647 Å². The average molecular weight is 1560 g/mol. The number of carboxylic acid groups (broad SMARTS) is 4.